The summed E-state index contributed by atoms with van der Waals surface area (Å²) < 4.78 is 31.2. The highest BCUT2D eigenvalue weighted by Gasteiger charge is 2.29. The second-order valence-electron chi connectivity index (χ2n) is 8.65. The van der Waals surface area contributed by atoms with Gasteiger partial charge >= 0.3 is 0 Å². The number of rotatable bonds is 9. The standard InChI is InChI=1S/C22H28N6O3S/c1-22(23,13-15-7-5-4-6-8-15)21-27-26-20(31-21)18-11-17(24-14-16-9-10-16)12-19(25-18)28(2)32(3,29)30/h4-8,11-12,16H,9-10,13-14,23H2,1-3H3,(H,24,25)/t22-/m1/s1. The third kappa shape index (κ3) is 5.25. The first kappa shape index (κ1) is 22.2. The van der Waals surface area contributed by atoms with E-state index in [1.807, 2.05) is 37.3 Å². The van der Waals surface area contributed by atoms with Crippen molar-refractivity contribution in [2.75, 3.05) is 29.5 Å². The Bertz CT molecular complexity index is 1190. The van der Waals surface area contributed by atoms with Crippen LogP contribution in [0.15, 0.2) is 46.9 Å². The summed E-state index contributed by atoms with van der Waals surface area (Å²) in [6.07, 6.45) is 4.05. The molecule has 0 spiro atoms. The van der Waals surface area contributed by atoms with Gasteiger partial charge in [-0.25, -0.2) is 13.4 Å². The molecule has 1 fully saturated rings. The lowest BCUT2D eigenvalue weighted by atomic mass is 9.94. The maximum absolute atomic E-state index is 12.1. The van der Waals surface area contributed by atoms with Gasteiger partial charge in [0.25, 0.3) is 5.89 Å². The first-order valence-corrected chi connectivity index (χ1v) is 12.3. The van der Waals surface area contributed by atoms with Crippen molar-refractivity contribution in [3.63, 3.8) is 0 Å². The highest BCUT2D eigenvalue weighted by molar-refractivity contribution is 7.92. The van der Waals surface area contributed by atoms with E-state index in [0.717, 1.165) is 28.4 Å². The van der Waals surface area contributed by atoms with Gasteiger partial charge < -0.3 is 15.5 Å². The minimum absolute atomic E-state index is 0.183. The molecule has 0 saturated heterocycles. The number of pyridine rings is 1. The van der Waals surface area contributed by atoms with E-state index >= 15 is 0 Å². The predicted octanol–water partition coefficient (Wildman–Crippen LogP) is 2.77. The molecule has 4 rings (SSSR count). The maximum Gasteiger partial charge on any atom is 0.266 e. The number of sulfonamides is 1. The molecule has 1 aliphatic carbocycles. The molecule has 1 aliphatic rings. The van der Waals surface area contributed by atoms with Crippen LogP contribution in [-0.4, -0.2) is 43.4 Å². The summed E-state index contributed by atoms with van der Waals surface area (Å²) >= 11 is 0. The summed E-state index contributed by atoms with van der Waals surface area (Å²) in [6.45, 7) is 2.65. The molecule has 1 atom stereocenters. The molecule has 0 aliphatic heterocycles. The zero-order valence-electron chi connectivity index (χ0n) is 18.4. The largest absolute Gasteiger partial charge is 0.417 e. The van der Waals surface area contributed by atoms with Gasteiger partial charge in [0.05, 0.1) is 11.8 Å². The van der Waals surface area contributed by atoms with Crippen LogP contribution >= 0.6 is 0 Å². The molecule has 2 heterocycles. The molecule has 0 bridgehead atoms. The van der Waals surface area contributed by atoms with Crippen LogP contribution in [0.4, 0.5) is 11.5 Å². The summed E-state index contributed by atoms with van der Waals surface area (Å²) in [5, 5.41) is 11.7. The topological polar surface area (TPSA) is 127 Å². The Morgan fingerprint density at radius 1 is 1.22 bits per heavy atom. The van der Waals surface area contributed by atoms with Crippen LogP contribution in [0, 0.1) is 5.92 Å². The van der Waals surface area contributed by atoms with E-state index in [-0.39, 0.29) is 17.6 Å². The fourth-order valence-electron chi connectivity index (χ4n) is 3.30. The maximum atomic E-state index is 12.1. The summed E-state index contributed by atoms with van der Waals surface area (Å²) in [6, 6.07) is 13.3. The van der Waals surface area contributed by atoms with Crippen molar-refractivity contribution >= 4 is 21.5 Å². The number of nitrogens with zero attached hydrogens (tertiary/aromatic N) is 4. The first-order chi connectivity index (χ1) is 15.1. The molecule has 2 aromatic heterocycles. The molecule has 0 radical (unpaired) electrons. The van der Waals surface area contributed by atoms with Crippen molar-refractivity contribution in [1.82, 2.24) is 15.2 Å². The number of nitrogens with one attached hydrogen (secondary N) is 1. The molecule has 0 unspecified atom stereocenters. The summed E-state index contributed by atoms with van der Waals surface area (Å²) in [7, 11) is -2.03. The van der Waals surface area contributed by atoms with Gasteiger partial charge in [-0.05, 0) is 43.7 Å². The Labute approximate surface area is 188 Å². The number of hydrogen-bond acceptors (Lipinski definition) is 8. The molecule has 1 aromatic carbocycles. The van der Waals surface area contributed by atoms with Crippen LogP contribution in [-0.2, 0) is 22.0 Å². The third-order valence-electron chi connectivity index (χ3n) is 5.47. The predicted molar refractivity (Wildman–Crippen MR) is 124 cm³/mol. The number of anilines is 2. The molecule has 9 nitrogen and oxygen atoms in total. The zero-order chi connectivity index (χ0) is 22.9. The van der Waals surface area contributed by atoms with Crippen molar-refractivity contribution in [2.45, 2.75) is 31.7 Å². The summed E-state index contributed by atoms with van der Waals surface area (Å²) in [5.74, 6) is 1.38. The van der Waals surface area contributed by atoms with Crippen molar-refractivity contribution in [3.05, 3.63) is 53.9 Å². The molecular formula is C22H28N6O3S. The number of nitrogens with two attached hydrogens (primary N) is 1. The minimum atomic E-state index is -3.49. The second-order valence-corrected chi connectivity index (χ2v) is 10.7. The van der Waals surface area contributed by atoms with Gasteiger partial charge in [0.2, 0.25) is 15.9 Å². The van der Waals surface area contributed by atoms with Crippen molar-refractivity contribution in [3.8, 4) is 11.6 Å². The van der Waals surface area contributed by atoms with Gasteiger partial charge in [0.1, 0.15) is 11.5 Å². The van der Waals surface area contributed by atoms with E-state index in [9.17, 15) is 8.42 Å². The Morgan fingerprint density at radius 3 is 2.59 bits per heavy atom. The quantitative estimate of drug-likeness (QED) is 0.503. The van der Waals surface area contributed by atoms with Crippen LogP contribution in [0.5, 0.6) is 0 Å². The lowest BCUT2D eigenvalue weighted by molar-refractivity contribution is 0.355. The lowest BCUT2D eigenvalue weighted by Gasteiger charge is -2.20. The number of aromatic nitrogens is 3. The van der Waals surface area contributed by atoms with Gasteiger partial charge in [0, 0.05) is 25.3 Å². The summed E-state index contributed by atoms with van der Waals surface area (Å²) in [4.78, 5) is 4.46. The van der Waals surface area contributed by atoms with Gasteiger partial charge in [-0.3, -0.25) is 4.31 Å². The molecule has 170 valence electrons. The first-order valence-electron chi connectivity index (χ1n) is 10.5. The molecule has 3 N–H and O–H groups in total. The molecule has 1 saturated carbocycles. The highest BCUT2D eigenvalue weighted by Crippen LogP contribution is 2.31. The van der Waals surface area contributed by atoms with Gasteiger partial charge in [-0.15, -0.1) is 10.2 Å². The van der Waals surface area contributed by atoms with Gasteiger partial charge in [-0.2, -0.15) is 0 Å². The highest BCUT2D eigenvalue weighted by atomic mass is 32.2. The van der Waals surface area contributed by atoms with E-state index in [4.69, 9.17) is 10.2 Å². The minimum Gasteiger partial charge on any atom is -0.417 e. The summed E-state index contributed by atoms with van der Waals surface area (Å²) in [5.41, 5.74) is 7.80. The van der Waals surface area contributed by atoms with Gasteiger partial charge in [0.15, 0.2) is 0 Å². The molecular weight excluding hydrogens is 428 g/mol. The van der Waals surface area contributed by atoms with Crippen LogP contribution in [0.2, 0.25) is 0 Å². The van der Waals surface area contributed by atoms with E-state index in [1.54, 1.807) is 12.1 Å². The lowest BCUT2D eigenvalue weighted by Crippen LogP contribution is -2.35. The van der Waals surface area contributed by atoms with E-state index in [1.165, 1.54) is 19.9 Å². The third-order valence-corrected chi connectivity index (χ3v) is 6.65. The Hall–Kier alpha value is -2.98. The SMILES string of the molecule is CN(c1cc(NCC2CC2)cc(-c2nnc([C@](C)(N)Cc3ccccc3)o2)n1)S(C)(=O)=O. The fraction of sp³-hybridized carbons (Fsp3) is 0.409. The molecule has 3 aromatic rings. The van der Waals surface area contributed by atoms with E-state index in [2.05, 4.69) is 20.5 Å². The normalized spacial score (nSPS) is 15.9. The van der Waals surface area contributed by atoms with Crippen LogP contribution < -0.4 is 15.4 Å². The zero-order valence-corrected chi connectivity index (χ0v) is 19.3. The van der Waals surface area contributed by atoms with E-state index < -0.39 is 15.6 Å². The van der Waals surface area contributed by atoms with Crippen LogP contribution in [0.25, 0.3) is 11.6 Å². The average Bonchev–Trinajstić information content (AvgIpc) is 3.43. The number of hydrogen-bond donors (Lipinski definition) is 2. The van der Waals surface area contributed by atoms with Crippen LogP contribution in [0.1, 0.15) is 31.2 Å². The van der Waals surface area contributed by atoms with Crippen LogP contribution in [0.3, 0.4) is 0 Å². The van der Waals surface area contributed by atoms with Gasteiger partial charge in [-0.1, -0.05) is 30.3 Å². The second kappa shape index (κ2) is 8.51. The van der Waals surface area contributed by atoms with Crippen molar-refractivity contribution < 1.29 is 12.8 Å². The monoisotopic (exact) mass is 456 g/mol. The molecule has 32 heavy (non-hydrogen) atoms. The molecule has 0 amide bonds. The molecule has 10 heteroatoms. The number of benzene rings is 1. The van der Waals surface area contributed by atoms with E-state index in [0.29, 0.717) is 18.0 Å². The van der Waals surface area contributed by atoms with Crippen molar-refractivity contribution in [2.24, 2.45) is 11.7 Å². The fourth-order valence-corrected chi connectivity index (χ4v) is 3.73. The van der Waals surface area contributed by atoms with Crippen molar-refractivity contribution in [1.29, 1.82) is 0 Å². The smallest absolute Gasteiger partial charge is 0.266 e. The Kier molecular flexibility index (Phi) is 5.91. The average molecular weight is 457 g/mol. The Balaban J connectivity index is 1.64. The Morgan fingerprint density at radius 2 is 1.94 bits per heavy atom.